The molecule has 0 spiro atoms. The van der Waals surface area contributed by atoms with Crippen LogP contribution in [0, 0.1) is 17.1 Å². The third kappa shape index (κ3) is 4.91. The fourth-order valence-corrected chi connectivity index (χ4v) is 3.42. The van der Waals surface area contributed by atoms with Gasteiger partial charge in [0.05, 0.1) is 23.2 Å². The molecule has 0 fully saturated rings. The molecule has 0 bridgehead atoms. The Morgan fingerprint density at radius 2 is 2.13 bits per heavy atom. The monoisotopic (exact) mass is 511 g/mol. The molecule has 30 heavy (non-hydrogen) atoms. The second-order valence-corrected chi connectivity index (χ2v) is 7.57. The van der Waals surface area contributed by atoms with E-state index in [4.69, 9.17) is 38.9 Å². The molecule has 0 aliphatic rings. The molecule has 154 valence electrons. The lowest BCUT2D eigenvalue weighted by Gasteiger charge is -2.13. The number of nitriles is 1. The lowest BCUT2D eigenvalue weighted by molar-refractivity contribution is 0.0945. The quantitative estimate of drug-likeness (QED) is 0.443. The van der Waals surface area contributed by atoms with Crippen LogP contribution < -0.4 is 15.8 Å². The molecule has 11 heteroatoms. The fourth-order valence-electron chi connectivity index (χ4n) is 2.52. The average Bonchev–Trinajstić information content (AvgIpc) is 3.10. The number of nitrogens with zero attached hydrogens (tertiary/aromatic N) is 2. The van der Waals surface area contributed by atoms with Gasteiger partial charge in [0.25, 0.3) is 5.91 Å². The highest BCUT2D eigenvalue weighted by molar-refractivity contribution is 9.10. The maximum atomic E-state index is 15.0. The Kier molecular flexibility index (Phi) is 6.95. The second-order valence-electron chi connectivity index (χ2n) is 5.98. The summed E-state index contributed by atoms with van der Waals surface area (Å²) in [6.45, 7) is -0.00395. The number of amides is 1. The van der Waals surface area contributed by atoms with Crippen molar-refractivity contribution in [1.82, 2.24) is 15.3 Å². The van der Waals surface area contributed by atoms with E-state index in [1.165, 1.54) is 30.3 Å². The number of halogens is 4. The predicted octanol–water partition coefficient (Wildman–Crippen LogP) is 4.67. The molecule has 0 radical (unpaired) electrons. The summed E-state index contributed by atoms with van der Waals surface area (Å²) in [5.74, 6) is -0.926. The highest BCUT2D eigenvalue weighted by Crippen LogP contribution is 2.35. The van der Waals surface area contributed by atoms with Crippen molar-refractivity contribution in [1.29, 1.82) is 5.26 Å². The molecule has 1 aromatic heterocycles. The van der Waals surface area contributed by atoms with Crippen LogP contribution in [-0.4, -0.2) is 15.9 Å². The topological polar surface area (TPSA) is 117 Å². The van der Waals surface area contributed by atoms with Crippen LogP contribution in [0.4, 0.5) is 4.39 Å². The molecule has 1 amide bonds. The summed E-state index contributed by atoms with van der Waals surface area (Å²) < 4.78 is 20.8. The number of rotatable bonds is 6. The van der Waals surface area contributed by atoms with Gasteiger partial charge in [-0.25, -0.2) is 9.37 Å². The number of H-pyrrole nitrogens is 1. The van der Waals surface area contributed by atoms with E-state index >= 15 is 0 Å². The first-order valence-corrected chi connectivity index (χ1v) is 9.95. The molecule has 1 heterocycles. The first-order chi connectivity index (χ1) is 14.3. The number of benzene rings is 2. The molecule has 7 nitrogen and oxygen atoms in total. The Hall–Kier alpha value is -2.64. The van der Waals surface area contributed by atoms with Crippen LogP contribution in [0.5, 0.6) is 11.5 Å². The van der Waals surface area contributed by atoms with Crippen molar-refractivity contribution in [3.63, 3.8) is 0 Å². The number of hydrogen-bond donors (Lipinski definition) is 3. The van der Waals surface area contributed by atoms with Gasteiger partial charge in [-0.15, -0.1) is 0 Å². The summed E-state index contributed by atoms with van der Waals surface area (Å²) in [5, 5.41) is 11.9. The van der Waals surface area contributed by atoms with Crippen molar-refractivity contribution in [3.8, 4) is 17.6 Å². The number of ether oxygens (including phenoxy) is 1. The van der Waals surface area contributed by atoms with Crippen LogP contribution in [0.1, 0.15) is 27.4 Å². The first-order valence-electron chi connectivity index (χ1n) is 8.40. The van der Waals surface area contributed by atoms with Crippen molar-refractivity contribution in [2.24, 2.45) is 5.73 Å². The number of aromatic amines is 1. The fraction of sp³-hybridized carbons (Fsp3) is 0.105. The summed E-state index contributed by atoms with van der Waals surface area (Å²) in [6, 6.07) is 9.08. The van der Waals surface area contributed by atoms with Crippen molar-refractivity contribution >= 4 is 45.0 Å². The van der Waals surface area contributed by atoms with Gasteiger partial charge in [-0.3, -0.25) is 4.79 Å². The van der Waals surface area contributed by atoms with E-state index in [9.17, 15) is 9.18 Å². The normalized spacial score (nSPS) is 10.5. The molecule has 0 unspecified atom stereocenters. The van der Waals surface area contributed by atoms with Gasteiger partial charge in [0.1, 0.15) is 21.9 Å². The van der Waals surface area contributed by atoms with E-state index < -0.39 is 11.7 Å². The number of carbonyl (C=O) groups is 1. The molecule has 0 aliphatic heterocycles. The number of hydrogen-bond acceptors (Lipinski definition) is 5. The molecule has 0 saturated heterocycles. The minimum atomic E-state index is -0.757. The van der Waals surface area contributed by atoms with Crippen LogP contribution in [0.2, 0.25) is 10.0 Å². The Morgan fingerprint density at radius 1 is 1.37 bits per heavy atom. The van der Waals surface area contributed by atoms with E-state index in [-0.39, 0.29) is 51.5 Å². The molecule has 0 saturated carbocycles. The highest BCUT2D eigenvalue weighted by atomic mass is 79.9. The predicted molar refractivity (Wildman–Crippen MR) is 113 cm³/mol. The molecule has 0 aliphatic carbocycles. The Bertz CT molecular complexity index is 1160. The summed E-state index contributed by atoms with van der Waals surface area (Å²) in [7, 11) is 0. The number of aromatic nitrogens is 2. The SMILES string of the molecule is N#Cc1cc(Cl)cc(Oc2c(Cl)ccc(CNC(=O)c3[nH]c(CN)nc3Br)c2F)c1. The molecule has 4 N–H and O–H groups in total. The smallest absolute Gasteiger partial charge is 0.270 e. The minimum Gasteiger partial charge on any atom is -0.453 e. The molecular formula is C19H13BrCl2FN5O2. The lowest BCUT2D eigenvalue weighted by Crippen LogP contribution is -2.24. The van der Waals surface area contributed by atoms with Crippen LogP contribution >= 0.6 is 39.1 Å². The van der Waals surface area contributed by atoms with Gasteiger partial charge in [0, 0.05) is 17.1 Å². The van der Waals surface area contributed by atoms with Crippen LogP contribution in [0.15, 0.2) is 34.9 Å². The van der Waals surface area contributed by atoms with Gasteiger partial charge in [-0.1, -0.05) is 29.3 Å². The van der Waals surface area contributed by atoms with Crippen molar-refractivity contribution in [3.05, 3.63) is 73.4 Å². The number of imidazole rings is 1. The summed E-state index contributed by atoms with van der Waals surface area (Å²) in [4.78, 5) is 19.2. The van der Waals surface area contributed by atoms with Crippen LogP contribution in [0.25, 0.3) is 0 Å². The number of nitrogens with one attached hydrogen (secondary N) is 2. The van der Waals surface area contributed by atoms with Gasteiger partial charge >= 0.3 is 0 Å². The molecule has 3 rings (SSSR count). The Balaban J connectivity index is 1.81. The van der Waals surface area contributed by atoms with E-state index in [1.807, 2.05) is 6.07 Å². The zero-order valence-electron chi connectivity index (χ0n) is 15.1. The largest absolute Gasteiger partial charge is 0.453 e. The van der Waals surface area contributed by atoms with E-state index in [1.54, 1.807) is 0 Å². The second kappa shape index (κ2) is 9.45. The van der Waals surface area contributed by atoms with E-state index in [0.29, 0.717) is 10.4 Å². The van der Waals surface area contributed by atoms with Crippen LogP contribution in [0.3, 0.4) is 0 Å². The van der Waals surface area contributed by atoms with Crippen molar-refractivity contribution < 1.29 is 13.9 Å². The van der Waals surface area contributed by atoms with Gasteiger partial charge in [0.2, 0.25) is 0 Å². The highest BCUT2D eigenvalue weighted by Gasteiger charge is 2.18. The molecule has 2 aromatic carbocycles. The molecule has 3 aromatic rings. The summed E-state index contributed by atoms with van der Waals surface area (Å²) in [6.07, 6.45) is 0. The van der Waals surface area contributed by atoms with Gasteiger partial charge < -0.3 is 20.8 Å². The maximum absolute atomic E-state index is 15.0. The van der Waals surface area contributed by atoms with Gasteiger partial charge in [0.15, 0.2) is 11.6 Å². The minimum absolute atomic E-state index is 0.0185. The summed E-state index contributed by atoms with van der Waals surface area (Å²) >= 11 is 15.2. The maximum Gasteiger partial charge on any atom is 0.270 e. The van der Waals surface area contributed by atoms with Gasteiger partial charge in [-0.2, -0.15) is 5.26 Å². The standard InChI is InChI=1S/C19H13BrCl2FN5O2/c20-18-16(27-14(7-25)28-18)19(29)26-8-10-1-2-13(22)17(15(10)23)30-12-4-9(6-24)3-11(21)5-12/h1-5H,7-8,25H2,(H,26,29)(H,27,28). The Labute approximate surface area is 189 Å². The zero-order valence-corrected chi connectivity index (χ0v) is 18.2. The third-order valence-corrected chi connectivity index (χ3v) is 5.01. The zero-order chi connectivity index (χ0) is 21.8. The van der Waals surface area contributed by atoms with E-state index in [0.717, 1.165) is 0 Å². The first kappa shape index (κ1) is 22.1. The molecular weight excluding hydrogens is 500 g/mol. The molecule has 0 atom stereocenters. The van der Waals surface area contributed by atoms with Crippen molar-refractivity contribution in [2.75, 3.05) is 0 Å². The lowest BCUT2D eigenvalue weighted by atomic mass is 10.2. The third-order valence-electron chi connectivity index (χ3n) is 3.92. The van der Waals surface area contributed by atoms with Crippen molar-refractivity contribution in [2.45, 2.75) is 13.1 Å². The Morgan fingerprint density at radius 3 is 2.80 bits per heavy atom. The number of carbonyl (C=O) groups excluding carboxylic acids is 1. The van der Waals surface area contributed by atoms with Gasteiger partial charge in [-0.05, 0) is 40.2 Å². The van der Waals surface area contributed by atoms with Crippen LogP contribution in [-0.2, 0) is 13.1 Å². The van der Waals surface area contributed by atoms with E-state index in [2.05, 4.69) is 31.2 Å². The average molecular weight is 513 g/mol. The number of nitrogens with two attached hydrogens (primary N) is 1. The summed E-state index contributed by atoms with van der Waals surface area (Å²) in [5.41, 5.74) is 6.05.